The van der Waals surface area contributed by atoms with Crippen molar-refractivity contribution in [2.24, 2.45) is 5.92 Å². The van der Waals surface area contributed by atoms with Crippen molar-refractivity contribution >= 4 is 0 Å². The van der Waals surface area contributed by atoms with Crippen molar-refractivity contribution in [3.8, 4) is 5.75 Å². The van der Waals surface area contributed by atoms with Gasteiger partial charge in [-0.3, -0.25) is 4.98 Å². The first-order valence-electron chi connectivity index (χ1n) is 7.46. The third-order valence-electron chi connectivity index (χ3n) is 3.79. The smallest absolute Gasteiger partial charge is 0.138 e. The highest BCUT2D eigenvalue weighted by atomic mass is 16.5. The number of aliphatic hydroxyl groups is 1. The molecule has 1 heterocycles. The topological polar surface area (TPSA) is 42.4 Å². The van der Waals surface area contributed by atoms with Gasteiger partial charge in [-0.15, -0.1) is 0 Å². The van der Waals surface area contributed by atoms with Crippen molar-refractivity contribution in [2.75, 3.05) is 0 Å². The molecule has 106 valence electrons. The molecule has 1 saturated carbocycles. The van der Waals surface area contributed by atoms with Crippen molar-refractivity contribution in [2.45, 2.75) is 64.6 Å². The van der Waals surface area contributed by atoms with Crippen LogP contribution in [0, 0.1) is 5.92 Å². The molecule has 0 amide bonds. The summed E-state index contributed by atoms with van der Waals surface area (Å²) in [5, 5.41) is 10.5. The van der Waals surface area contributed by atoms with Gasteiger partial charge in [-0.2, -0.15) is 0 Å². The van der Waals surface area contributed by atoms with Gasteiger partial charge in [0.15, 0.2) is 0 Å². The highest BCUT2D eigenvalue weighted by molar-refractivity contribution is 5.25. The van der Waals surface area contributed by atoms with E-state index in [0.29, 0.717) is 5.92 Å². The molecule has 1 aliphatic carbocycles. The van der Waals surface area contributed by atoms with E-state index in [-0.39, 0.29) is 6.10 Å². The van der Waals surface area contributed by atoms with Gasteiger partial charge >= 0.3 is 0 Å². The maximum absolute atomic E-state index is 10.5. The van der Waals surface area contributed by atoms with E-state index in [1.165, 1.54) is 25.7 Å². The third kappa shape index (κ3) is 4.20. The van der Waals surface area contributed by atoms with Crippen molar-refractivity contribution < 1.29 is 9.84 Å². The lowest BCUT2D eigenvalue weighted by molar-refractivity contribution is 0.0979. The fraction of sp³-hybridized carbons (Fsp3) is 0.688. The monoisotopic (exact) mass is 263 g/mol. The van der Waals surface area contributed by atoms with Crippen LogP contribution in [0.4, 0.5) is 0 Å². The van der Waals surface area contributed by atoms with E-state index < -0.39 is 6.10 Å². The van der Waals surface area contributed by atoms with Gasteiger partial charge in [0.25, 0.3) is 0 Å². The van der Waals surface area contributed by atoms with Crippen molar-refractivity contribution in [3.63, 3.8) is 0 Å². The molecule has 0 radical (unpaired) electrons. The average Bonchev–Trinajstić information content (AvgIpc) is 2.66. The molecule has 1 aliphatic rings. The summed E-state index contributed by atoms with van der Waals surface area (Å²) in [5.41, 5.74) is 0.894. The summed E-state index contributed by atoms with van der Waals surface area (Å²) in [6.45, 7) is 3.99. The van der Waals surface area contributed by atoms with Crippen LogP contribution in [0.3, 0.4) is 0 Å². The Labute approximate surface area is 116 Å². The van der Waals surface area contributed by atoms with E-state index in [1.807, 2.05) is 19.9 Å². The van der Waals surface area contributed by atoms with E-state index in [0.717, 1.165) is 24.2 Å². The molecular weight excluding hydrogens is 238 g/mol. The summed E-state index contributed by atoms with van der Waals surface area (Å²) >= 11 is 0. The Morgan fingerprint density at radius 1 is 1.16 bits per heavy atom. The summed E-state index contributed by atoms with van der Waals surface area (Å²) in [6, 6.07) is 1.93. The van der Waals surface area contributed by atoms with Gasteiger partial charge in [0, 0.05) is 11.8 Å². The molecule has 0 aromatic carbocycles. The molecule has 1 atom stereocenters. The fourth-order valence-electron chi connectivity index (χ4n) is 2.83. The number of hydrogen-bond acceptors (Lipinski definition) is 3. The molecule has 3 nitrogen and oxygen atoms in total. The number of ether oxygens (including phenoxy) is 1. The van der Waals surface area contributed by atoms with Crippen molar-refractivity contribution in [3.05, 3.63) is 24.0 Å². The molecule has 2 rings (SSSR count). The van der Waals surface area contributed by atoms with E-state index in [4.69, 9.17) is 4.74 Å². The lowest BCUT2D eigenvalue weighted by atomic mass is 9.90. The Morgan fingerprint density at radius 3 is 2.47 bits per heavy atom. The predicted molar refractivity (Wildman–Crippen MR) is 76.2 cm³/mol. The van der Waals surface area contributed by atoms with Gasteiger partial charge in [0.2, 0.25) is 0 Å². The number of aliphatic hydroxyl groups excluding tert-OH is 1. The molecule has 1 unspecified atom stereocenters. The lowest BCUT2D eigenvalue weighted by Gasteiger charge is -2.22. The maximum atomic E-state index is 10.5. The molecular formula is C16H25NO2. The average molecular weight is 263 g/mol. The Balaban J connectivity index is 2.06. The van der Waals surface area contributed by atoms with E-state index in [9.17, 15) is 5.11 Å². The lowest BCUT2D eigenvalue weighted by Crippen LogP contribution is -2.13. The van der Waals surface area contributed by atoms with Gasteiger partial charge < -0.3 is 9.84 Å². The number of rotatable bonds is 4. The zero-order chi connectivity index (χ0) is 13.7. The molecule has 0 aliphatic heterocycles. The van der Waals surface area contributed by atoms with Crippen LogP contribution in [0.5, 0.6) is 5.75 Å². The quantitative estimate of drug-likeness (QED) is 0.838. The Kier molecular flexibility index (Phi) is 5.20. The molecule has 1 fully saturated rings. The first-order chi connectivity index (χ1) is 9.16. The van der Waals surface area contributed by atoms with Gasteiger partial charge in [0.05, 0.1) is 18.4 Å². The number of aromatic nitrogens is 1. The highest BCUT2D eigenvalue weighted by Gasteiger charge is 2.22. The highest BCUT2D eigenvalue weighted by Crippen LogP contribution is 2.34. The van der Waals surface area contributed by atoms with Crippen LogP contribution >= 0.6 is 0 Å². The molecule has 0 spiro atoms. The second-order valence-corrected chi connectivity index (χ2v) is 5.82. The van der Waals surface area contributed by atoms with Crippen LogP contribution in [0.2, 0.25) is 0 Å². The molecule has 1 N–H and O–H groups in total. The predicted octanol–water partition coefficient (Wildman–Crippen LogP) is 3.87. The van der Waals surface area contributed by atoms with E-state index >= 15 is 0 Å². The van der Waals surface area contributed by atoms with E-state index in [1.54, 1.807) is 12.4 Å². The second kappa shape index (κ2) is 6.90. The molecule has 3 heteroatoms. The van der Waals surface area contributed by atoms with Crippen molar-refractivity contribution in [1.29, 1.82) is 0 Å². The van der Waals surface area contributed by atoms with Gasteiger partial charge in [0.1, 0.15) is 5.75 Å². The molecule has 1 aromatic rings. The summed E-state index contributed by atoms with van der Waals surface area (Å²) in [4.78, 5) is 4.19. The number of hydrogen-bond donors (Lipinski definition) is 1. The van der Waals surface area contributed by atoms with Crippen LogP contribution in [0.1, 0.15) is 64.0 Å². The van der Waals surface area contributed by atoms with Crippen LogP contribution in [0.25, 0.3) is 0 Å². The van der Waals surface area contributed by atoms with Gasteiger partial charge in [-0.25, -0.2) is 0 Å². The minimum Gasteiger partial charge on any atom is -0.489 e. The zero-order valence-electron chi connectivity index (χ0n) is 12.0. The maximum Gasteiger partial charge on any atom is 0.138 e. The second-order valence-electron chi connectivity index (χ2n) is 5.82. The Hall–Kier alpha value is -1.09. The Bertz CT molecular complexity index is 384. The first kappa shape index (κ1) is 14.3. The number of nitrogens with zero attached hydrogens (tertiary/aromatic N) is 1. The molecule has 19 heavy (non-hydrogen) atoms. The zero-order valence-corrected chi connectivity index (χ0v) is 12.0. The summed E-state index contributed by atoms with van der Waals surface area (Å²) in [6.07, 6.45) is 10.5. The molecule has 1 aromatic heterocycles. The summed E-state index contributed by atoms with van der Waals surface area (Å²) in [7, 11) is 0. The van der Waals surface area contributed by atoms with Crippen LogP contribution in [-0.4, -0.2) is 16.2 Å². The van der Waals surface area contributed by atoms with Gasteiger partial charge in [-0.05, 0) is 38.7 Å². The summed E-state index contributed by atoms with van der Waals surface area (Å²) < 4.78 is 5.64. The Morgan fingerprint density at radius 2 is 1.84 bits per heavy atom. The minimum atomic E-state index is -0.402. The van der Waals surface area contributed by atoms with Crippen LogP contribution in [0.15, 0.2) is 18.5 Å². The first-order valence-corrected chi connectivity index (χ1v) is 7.46. The number of pyridine rings is 1. The molecule has 0 saturated heterocycles. The fourth-order valence-corrected chi connectivity index (χ4v) is 2.83. The SMILES string of the molecule is CC(C)Oc1cncc(C(O)C2CCCCCC2)c1. The van der Waals surface area contributed by atoms with Crippen LogP contribution < -0.4 is 4.74 Å². The van der Waals surface area contributed by atoms with E-state index in [2.05, 4.69) is 4.98 Å². The summed E-state index contributed by atoms with van der Waals surface area (Å²) in [5.74, 6) is 1.12. The molecule has 0 bridgehead atoms. The largest absolute Gasteiger partial charge is 0.489 e. The normalized spacial score (nSPS) is 19.2. The van der Waals surface area contributed by atoms with Crippen LogP contribution in [-0.2, 0) is 0 Å². The minimum absolute atomic E-state index is 0.132. The van der Waals surface area contributed by atoms with Gasteiger partial charge in [-0.1, -0.05) is 25.7 Å². The van der Waals surface area contributed by atoms with Crippen molar-refractivity contribution in [1.82, 2.24) is 4.98 Å². The standard InChI is InChI=1S/C16H25NO2/c1-12(2)19-15-9-14(10-17-11-15)16(18)13-7-5-3-4-6-8-13/h9-13,16,18H,3-8H2,1-2H3. The third-order valence-corrected chi connectivity index (χ3v) is 3.79.